The maximum Gasteiger partial charge on any atom is 0.472 e. The van der Waals surface area contributed by atoms with Gasteiger partial charge in [-0.2, -0.15) is 0 Å². The summed E-state index contributed by atoms with van der Waals surface area (Å²) in [6, 6.07) is 0. The molecule has 3 atom stereocenters. The molecule has 0 aromatic heterocycles. The van der Waals surface area contributed by atoms with E-state index in [1.165, 1.54) is 77.0 Å². The SMILES string of the molecule is CCCCCCCCCCCCCCCCOCC(O)COP(=O)(O)OC1C[N+]2(C)CCC1CC2. The molecule has 7 nitrogen and oxygen atoms in total. The Labute approximate surface area is 215 Å². The second kappa shape index (κ2) is 17.5. The summed E-state index contributed by atoms with van der Waals surface area (Å²) in [6.45, 7) is 5.69. The van der Waals surface area contributed by atoms with Crippen LogP contribution in [0.5, 0.6) is 0 Å². The van der Waals surface area contributed by atoms with Crippen molar-refractivity contribution in [3.63, 3.8) is 0 Å². The molecule has 0 aliphatic carbocycles. The maximum absolute atomic E-state index is 12.3. The molecule has 8 heteroatoms. The number of hydrogen-bond acceptors (Lipinski definition) is 5. The Morgan fingerprint density at radius 2 is 1.37 bits per heavy atom. The molecule has 2 N–H and O–H groups in total. The Bertz CT molecular complexity index is 584. The molecule has 2 bridgehead atoms. The third-order valence-corrected chi connectivity index (χ3v) is 8.89. The second-order valence-corrected chi connectivity index (χ2v) is 12.7. The van der Waals surface area contributed by atoms with E-state index >= 15 is 0 Å². The fraction of sp³-hybridized carbons (Fsp3) is 1.00. The van der Waals surface area contributed by atoms with Gasteiger partial charge >= 0.3 is 7.82 Å². The quantitative estimate of drug-likeness (QED) is 0.100. The van der Waals surface area contributed by atoms with Crippen molar-refractivity contribution in [1.29, 1.82) is 0 Å². The van der Waals surface area contributed by atoms with Gasteiger partial charge in [0.2, 0.25) is 0 Å². The van der Waals surface area contributed by atoms with E-state index in [-0.39, 0.29) is 19.3 Å². The fourth-order valence-electron chi connectivity index (χ4n) is 5.52. The van der Waals surface area contributed by atoms with Gasteiger partial charge in [0.1, 0.15) is 18.8 Å². The van der Waals surface area contributed by atoms with Crippen molar-refractivity contribution in [3.8, 4) is 0 Å². The smallest absolute Gasteiger partial charge is 0.388 e. The van der Waals surface area contributed by atoms with E-state index in [4.69, 9.17) is 13.8 Å². The predicted molar refractivity (Wildman–Crippen MR) is 141 cm³/mol. The Morgan fingerprint density at radius 1 is 0.857 bits per heavy atom. The van der Waals surface area contributed by atoms with Crippen LogP contribution in [-0.4, -0.2) is 73.2 Å². The van der Waals surface area contributed by atoms with Gasteiger partial charge < -0.3 is 19.2 Å². The number of unbranched alkanes of at least 4 members (excludes halogenated alkanes) is 13. The number of aliphatic hydroxyl groups excluding tert-OH is 1. The summed E-state index contributed by atoms with van der Waals surface area (Å²) < 4.78 is 29.3. The van der Waals surface area contributed by atoms with E-state index in [9.17, 15) is 14.6 Å². The van der Waals surface area contributed by atoms with Crippen LogP contribution in [0.4, 0.5) is 0 Å². The van der Waals surface area contributed by atoms with Gasteiger partial charge in [0.05, 0.1) is 33.4 Å². The van der Waals surface area contributed by atoms with E-state index in [2.05, 4.69) is 14.0 Å². The average molecular weight is 521 g/mol. The van der Waals surface area contributed by atoms with Crippen LogP contribution in [0.15, 0.2) is 0 Å². The van der Waals surface area contributed by atoms with Crippen LogP contribution < -0.4 is 0 Å². The molecule has 3 fully saturated rings. The number of quaternary nitrogens is 1. The molecule has 3 aliphatic heterocycles. The minimum absolute atomic E-state index is 0.111. The highest BCUT2D eigenvalue weighted by atomic mass is 31.2. The maximum atomic E-state index is 12.3. The van der Waals surface area contributed by atoms with E-state index in [1.807, 2.05) is 0 Å². The first-order valence-electron chi connectivity index (χ1n) is 14.6. The normalized spacial score (nSPS) is 26.6. The zero-order valence-corrected chi connectivity index (χ0v) is 23.6. The van der Waals surface area contributed by atoms with E-state index in [0.717, 1.165) is 49.8 Å². The molecular weight excluding hydrogens is 465 g/mol. The van der Waals surface area contributed by atoms with Crippen molar-refractivity contribution in [2.75, 3.05) is 46.5 Å². The summed E-state index contributed by atoms with van der Waals surface area (Å²) in [5, 5.41) is 10.0. The summed E-state index contributed by atoms with van der Waals surface area (Å²) in [5.41, 5.74) is 0. The molecular formula is C27H55NO6P+. The number of phosphoric ester groups is 1. The number of ether oxygens (including phenoxy) is 1. The number of aliphatic hydroxyl groups is 1. The molecule has 208 valence electrons. The van der Waals surface area contributed by atoms with E-state index < -0.39 is 13.9 Å². The van der Waals surface area contributed by atoms with Gasteiger partial charge in [-0.15, -0.1) is 0 Å². The molecule has 3 saturated heterocycles. The number of phosphoric acid groups is 1. The number of piperidine rings is 3. The van der Waals surface area contributed by atoms with Gasteiger partial charge in [0.25, 0.3) is 0 Å². The molecule has 0 spiro atoms. The first kappa shape index (κ1) is 31.2. The van der Waals surface area contributed by atoms with Crippen molar-refractivity contribution in [1.82, 2.24) is 0 Å². The van der Waals surface area contributed by atoms with Gasteiger partial charge in [-0.1, -0.05) is 90.4 Å². The van der Waals surface area contributed by atoms with Gasteiger partial charge in [0.15, 0.2) is 0 Å². The first-order valence-corrected chi connectivity index (χ1v) is 16.1. The van der Waals surface area contributed by atoms with Crippen LogP contribution in [0.3, 0.4) is 0 Å². The molecule has 3 unspecified atom stereocenters. The molecule has 0 amide bonds. The zero-order valence-electron chi connectivity index (χ0n) is 22.7. The van der Waals surface area contributed by atoms with Crippen molar-refractivity contribution in [3.05, 3.63) is 0 Å². The molecule has 0 saturated carbocycles. The van der Waals surface area contributed by atoms with E-state index in [0.29, 0.717) is 12.5 Å². The number of rotatable bonds is 22. The number of hydrogen-bond donors (Lipinski definition) is 2. The van der Waals surface area contributed by atoms with Gasteiger partial charge in [-0.3, -0.25) is 9.05 Å². The first-order chi connectivity index (χ1) is 16.8. The Kier molecular flexibility index (Phi) is 15.6. The fourth-order valence-corrected chi connectivity index (χ4v) is 6.52. The molecule has 0 aromatic rings. The summed E-state index contributed by atoms with van der Waals surface area (Å²) in [5.74, 6) is 0.331. The van der Waals surface area contributed by atoms with Crippen LogP contribution in [-0.2, 0) is 18.3 Å². The Hall–Kier alpha value is -0.0100. The number of likely N-dealkylation sites (N-methyl/N-ethyl adjacent to an activating group) is 1. The van der Waals surface area contributed by atoms with Crippen LogP contribution in [0, 0.1) is 5.92 Å². The summed E-state index contributed by atoms with van der Waals surface area (Å²) >= 11 is 0. The highest BCUT2D eigenvalue weighted by Crippen LogP contribution is 2.48. The lowest BCUT2D eigenvalue weighted by atomic mass is 9.84. The van der Waals surface area contributed by atoms with Crippen molar-refractivity contribution < 1.29 is 32.8 Å². The molecule has 35 heavy (non-hydrogen) atoms. The van der Waals surface area contributed by atoms with E-state index in [1.54, 1.807) is 0 Å². The lowest BCUT2D eigenvalue weighted by molar-refractivity contribution is -0.928. The highest BCUT2D eigenvalue weighted by Gasteiger charge is 2.46. The number of nitrogens with zero attached hydrogens (tertiary/aromatic N) is 1. The molecule has 3 rings (SSSR count). The topological polar surface area (TPSA) is 85.2 Å². The second-order valence-electron chi connectivity index (χ2n) is 11.3. The predicted octanol–water partition coefficient (Wildman–Crippen LogP) is 6.22. The van der Waals surface area contributed by atoms with Crippen LogP contribution >= 0.6 is 7.82 Å². The summed E-state index contributed by atoms with van der Waals surface area (Å²) in [7, 11) is -2.00. The summed E-state index contributed by atoms with van der Waals surface area (Å²) in [4.78, 5) is 10.1. The van der Waals surface area contributed by atoms with Crippen molar-refractivity contribution in [2.24, 2.45) is 5.92 Å². The third kappa shape index (κ3) is 13.9. The molecule has 0 aromatic carbocycles. The molecule has 0 radical (unpaired) electrons. The summed E-state index contributed by atoms with van der Waals surface area (Å²) in [6.07, 6.45) is 19.3. The van der Waals surface area contributed by atoms with Crippen molar-refractivity contribution >= 4 is 7.82 Å². The minimum Gasteiger partial charge on any atom is -0.388 e. The molecule has 3 aliphatic rings. The Morgan fingerprint density at radius 3 is 1.89 bits per heavy atom. The number of fused-ring (bicyclic) bond motifs is 3. The van der Waals surface area contributed by atoms with Gasteiger partial charge in [-0.05, 0) is 6.42 Å². The highest BCUT2D eigenvalue weighted by molar-refractivity contribution is 7.47. The van der Waals surface area contributed by atoms with Crippen molar-refractivity contribution in [2.45, 2.75) is 122 Å². The van der Waals surface area contributed by atoms with Gasteiger partial charge in [0, 0.05) is 25.4 Å². The van der Waals surface area contributed by atoms with Crippen LogP contribution in [0.1, 0.15) is 110 Å². The monoisotopic (exact) mass is 520 g/mol. The Balaban J connectivity index is 1.36. The lowest BCUT2D eigenvalue weighted by Gasteiger charge is -2.50. The van der Waals surface area contributed by atoms with Crippen LogP contribution in [0.2, 0.25) is 0 Å². The lowest BCUT2D eigenvalue weighted by Crippen LogP contribution is -2.61. The standard InChI is InChI=1S/C27H54NO6P/c1-3-4-5-6-7-8-9-10-11-12-13-14-15-16-21-32-23-26(29)24-33-35(30,31)34-27-22-28(2)19-17-25(27)18-20-28/h25-27,29H,3-24H2,1-2H3/p+1. The zero-order chi connectivity index (χ0) is 25.4. The van der Waals surface area contributed by atoms with Gasteiger partial charge in [-0.25, -0.2) is 4.57 Å². The largest absolute Gasteiger partial charge is 0.472 e. The average Bonchev–Trinajstić information content (AvgIpc) is 2.82. The minimum atomic E-state index is -4.18. The molecule has 3 heterocycles. The third-order valence-electron chi connectivity index (χ3n) is 7.88. The van der Waals surface area contributed by atoms with Crippen LogP contribution in [0.25, 0.3) is 0 Å².